The summed E-state index contributed by atoms with van der Waals surface area (Å²) >= 11 is 0. The topological polar surface area (TPSA) is 202 Å². The summed E-state index contributed by atoms with van der Waals surface area (Å²) in [5.74, 6) is -5.14. The number of aliphatic carboxylic acids is 1. The van der Waals surface area contributed by atoms with E-state index >= 15 is 0 Å². The number of ether oxygens (including phenoxy) is 3. The molecule has 4 amide bonds. The van der Waals surface area contributed by atoms with Gasteiger partial charge in [0.2, 0.25) is 23.6 Å². The van der Waals surface area contributed by atoms with Crippen molar-refractivity contribution in [1.29, 1.82) is 0 Å². The summed E-state index contributed by atoms with van der Waals surface area (Å²) in [5, 5.41) is 30.4. The number of aliphatic hydroxyl groups is 1. The molecule has 0 radical (unpaired) electrons. The summed E-state index contributed by atoms with van der Waals surface area (Å²) in [7, 11) is 0. The number of carboxylic acid groups (broad SMARTS) is 1. The zero-order chi connectivity index (χ0) is 28.4. The second-order valence-corrected chi connectivity index (χ2v) is 10.5. The molecule has 3 saturated heterocycles. The fourth-order valence-corrected chi connectivity index (χ4v) is 4.72. The van der Waals surface area contributed by atoms with E-state index in [-0.39, 0.29) is 12.3 Å². The number of carbonyl (C=O) groups excluding carboxylic acids is 4. The average molecular weight is 543 g/mol. The molecule has 0 aromatic carbocycles. The van der Waals surface area contributed by atoms with Crippen molar-refractivity contribution in [3.05, 3.63) is 0 Å². The van der Waals surface area contributed by atoms with E-state index < -0.39 is 97.0 Å². The summed E-state index contributed by atoms with van der Waals surface area (Å²) in [6, 6.07) is -4.43. The SMILES string of the molecule is CC[C@H](C)[C@@H]1NC(=O)[C@H](C)NC(=O)[C@H](CCC(=O)O)NC(=O)C[C@@H](C2O[C@@H]3OC(C)(C)O[C@@H]3[C@H]2O)NC1=O. The Hall–Kier alpha value is -2.81. The van der Waals surface area contributed by atoms with Crippen molar-refractivity contribution in [1.82, 2.24) is 21.3 Å². The molecule has 0 spiro atoms. The molecule has 14 heteroatoms. The molecule has 6 N–H and O–H groups in total. The lowest BCUT2D eigenvalue weighted by atomic mass is 9.95. The molecule has 0 aliphatic carbocycles. The van der Waals surface area contributed by atoms with E-state index in [1.165, 1.54) is 6.92 Å². The molecule has 3 aliphatic rings. The Morgan fingerprint density at radius 2 is 1.71 bits per heavy atom. The van der Waals surface area contributed by atoms with Crippen molar-refractivity contribution in [2.75, 3.05) is 0 Å². The normalized spacial score (nSPS) is 36.9. The van der Waals surface area contributed by atoms with Crippen LogP contribution in [0.3, 0.4) is 0 Å². The third-order valence-corrected chi connectivity index (χ3v) is 7.03. The zero-order valence-corrected chi connectivity index (χ0v) is 22.2. The summed E-state index contributed by atoms with van der Waals surface area (Å²) in [5.41, 5.74) is 0. The highest BCUT2D eigenvalue weighted by Gasteiger charge is 2.56. The van der Waals surface area contributed by atoms with Gasteiger partial charge >= 0.3 is 5.97 Å². The summed E-state index contributed by atoms with van der Waals surface area (Å²) in [4.78, 5) is 63.3. The lowest BCUT2D eigenvalue weighted by Crippen LogP contribution is -2.58. The highest BCUT2D eigenvalue weighted by molar-refractivity contribution is 5.95. The van der Waals surface area contributed by atoms with Gasteiger partial charge in [-0.3, -0.25) is 24.0 Å². The van der Waals surface area contributed by atoms with Crippen LogP contribution in [0.5, 0.6) is 0 Å². The molecular weight excluding hydrogens is 504 g/mol. The molecule has 3 fully saturated rings. The van der Waals surface area contributed by atoms with Crippen LogP contribution in [0.4, 0.5) is 0 Å². The molecule has 1 unspecified atom stereocenters. The molecular formula is C24H38N4O10. The van der Waals surface area contributed by atoms with Crippen molar-refractivity contribution in [2.45, 2.75) is 115 Å². The maximum atomic E-state index is 13.4. The molecule has 9 atom stereocenters. The number of amides is 4. The fourth-order valence-electron chi connectivity index (χ4n) is 4.72. The largest absolute Gasteiger partial charge is 0.481 e. The monoisotopic (exact) mass is 542 g/mol. The molecule has 0 aromatic rings. The Labute approximate surface area is 220 Å². The number of fused-ring (bicyclic) bond motifs is 1. The summed E-state index contributed by atoms with van der Waals surface area (Å²) in [6.07, 6.45) is -4.69. The molecule has 3 heterocycles. The van der Waals surface area contributed by atoms with Gasteiger partial charge in [0.25, 0.3) is 0 Å². The quantitative estimate of drug-likeness (QED) is 0.229. The first kappa shape index (κ1) is 29.7. The first-order valence-corrected chi connectivity index (χ1v) is 12.8. The van der Waals surface area contributed by atoms with Crippen molar-refractivity contribution in [2.24, 2.45) is 5.92 Å². The Morgan fingerprint density at radius 3 is 2.32 bits per heavy atom. The van der Waals surface area contributed by atoms with E-state index in [1.54, 1.807) is 20.8 Å². The van der Waals surface area contributed by atoms with Gasteiger partial charge in [-0.05, 0) is 33.1 Å². The second kappa shape index (κ2) is 11.9. The van der Waals surface area contributed by atoms with Crippen LogP contribution in [0, 0.1) is 5.92 Å². The highest BCUT2D eigenvalue weighted by Crippen LogP contribution is 2.38. The maximum absolute atomic E-state index is 13.4. The number of hydrogen-bond acceptors (Lipinski definition) is 9. The first-order chi connectivity index (χ1) is 17.7. The Morgan fingerprint density at radius 1 is 1.03 bits per heavy atom. The van der Waals surface area contributed by atoms with Gasteiger partial charge in [-0.2, -0.15) is 0 Å². The van der Waals surface area contributed by atoms with Gasteiger partial charge in [-0.15, -0.1) is 0 Å². The minimum absolute atomic E-state index is 0.225. The molecule has 3 aliphatic heterocycles. The van der Waals surface area contributed by atoms with Crippen LogP contribution in [-0.2, 0) is 38.2 Å². The fraction of sp³-hybridized carbons (Fsp3) is 0.792. The number of carbonyl (C=O) groups is 5. The Bertz CT molecular complexity index is 943. The van der Waals surface area contributed by atoms with Gasteiger partial charge in [0.15, 0.2) is 12.1 Å². The number of nitrogens with one attached hydrogen (secondary N) is 4. The van der Waals surface area contributed by atoms with Crippen molar-refractivity contribution in [3.63, 3.8) is 0 Å². The van der Waals surface area contributed by atoms with Crippen LogP contribution in [0.2, 0.25) is 0 Å². The lowest BCUT2D eigenvalue weighted by Gasteiger charge is -2.31. The average Bonchev–Trinajstić information content (AvgIpc) is 3.29. The molecule has 14 nitrogen and oxygen atoms in total. The van der Waals surface area contributed by atoms with E-state index in [2.05, 4.69) is 21.3 Å². The van der Waals surface area contributed by atoms with E-state index in [9.17, 15) is 29.1 Å². The van der Waals surface area contributed by atoms with Gasteiger partial charge in [-0.25, -0.2) is 0 Å². The predicted molar refractivity (Wildman–Crippen MR) is 129 cm³/mol. The Balaban J connectivity index is 1.91. The van der Waals surface area contributed by atoms with Gasteiger partial charge in [0.05, 0.1) is 6.04 Å². The van der Waals surface area contributed by atoms with Crippen LogP contribution in [0.25, 0.3) is 0 Å². The first-order valence-electron chi connectivity index (χ1n) is 12.8. The van der Waals surface area contributed by atoms with Crippen molar-refractivity contribution in [3.8, 4) is 0 Å². The van der Waals surface area contributed by atoms with Crippen LogP contribution >= 0.6 is 0 Å². The number of carboxylic acids is 1. The molecule has 3 rings (SSSR count). The summed E-state index contributed by atoms with van der Waals surface area (Å²) < 4.78 is 17.3. The number of hydrogen-bond donors (Lipinski definition) is 6. The molecule has 38 heavy (non-hydrogen) atoms. The minimum atomic E-state index is -1.27. The van der Waals surface area contributed by atoms with Crippen LogP contribution in [0.15, 0.2) is 0 Å². The summed E-state index contributed by atoms with van der Waals surface area (Å²) in [6.45, 7) is 8.35. The van der Waals surface area contributed by atoms with Crippen molar-refractivity contribution < 1.29 is 48.4 Å². The van der Waals surface area contributed by atoms with Crippen LogP contribution in [-0.4, -0.2) is 94.4 Å². The second-order valence-electron chi connectivity index (χ2n) is 10.5. The van der Waals surface area contributed by atoms with Crippen LogP contribution < -0.4 is 21.3 Å². The minimum Gasteiger partial charge on any atom is -0.481 e. The molecule has 0 aromatic heterocycles. The van der Waals surface area contributed by atoms with E-state index in [0.29, 0.717) is 6.42 Å². The third kappa shape index (κ3) is 6.98. The smallest absolute Gasteiger partial charge is 0.303 e. The number of rotatable bonds is 6. The highest BCUT2D eigenvalue weighted by atomic mass is 16.8. The molecule has 0 saturated carbocycles. The zero-order valence-electron chi connectivity index (χ0n) is 22.2. The third-order valence-electron chi connectivity index (χ3n) is 7.03. The van der Waals surface area contributed by atoms with Crippen molar-refractivity contribution >= 4 is 29.6 Å². The molecule has 0 bridgehead atoms. The van der Waals surface area contributed by atoms with E-state index in [1.807, 2.05) is 6.92 Å². The van der Waals surface area contributed by atoms with Gasteiger partial charge in [0, 0.05) is 12.8 Å². The lowest BCUT2D eigenvalue weighted by molar-refractivity contribution is -0.218. The van der Waals surface area contributed by atoms with E-state index in [4.69, 9.17) is 19.3 Å². The Kier molecular flexibility index (Phi) is 9.34. The van der Waals surface area contributed by atoms with Crippen LogP contribution in [0.1, 0.15) is 60.3 Å². The standard InChI is InChI=1S/C24H38N4O10/c1-6-10(2)16-22(35)27-13(18-17(32)19-23(36-18)38-24(4,5)37-19)9-14(29)26-12(7-8-15(30)31)21(34)25-11(3)20(33)28-16/h10-13,16-19,23,32H,6-9H2,1-5H3,(H,25,34)(H,26,29)(H,27,35)(H,28,33)(H,30,31)/t10-,11-,12-,13-,16-,17-,18?,19+,23+/m0/s1. The van der Waals surface area contributed by atoms with Gasteiger partial charge < -0.3 is 45.7 Å². The van der Waals surface area contributed by atoms with Gasteiger partial charge in [0.1, 0.15) is 36.4 Å². The maximum Gasteiger partial charge on any atom is 0.303 e. The van der Waals surface area contributed by atoms with Gasteiger partial charge in [-0.1, -0.05) is 20.3 Å². The predicted octanol–water partition coefficient (Wildman–Crippen LogP) is -1.50. The molecule has 214 valence electrons. The number of aliphatic hydroxyl groups excluding tert-OH is 1. The van der Waals surface area contributed by atoms with E-state index in [0.717, 1.165) is 0 Å².